The first-order valence-electron chi connectivity index (χ1n) is 5.91. The Morgan fingerprint density at radius 2 is 2.28 bits per heavy atom. The zero-order chi connectivity index (χ0) is 12.5. The zero-order valence-corrected chi connectivity index (χ0v) is 11.4. The average Bonchev–Trinajstić information content (AvgIpc) is 2.74. The zero-order valence-electron chi connectivity index (χ0n) is 9.84. The fraction of sp³-hybridized carbons (Fsp3) is 0.308. The first kappa shape index (κ1) is 12.0. The van der Waals surface area contributed by atoms with Gasteiger partial charge in [0.2, 0.25) is 0 Å². The highest BCUT2D eigenvalue weighted by Gasteiger charge is 2.22. The van der Waals surface area contributed by atoms with Crippen molar-refractivity contribution in [1.82, 2.24) is 4.98 Å². The van der Waals surface area contributed by atoms with Crippen LogP contribution in [0.15, 0.2) is 30.5 Å². The molecule has 1 unspecified atom stereocenters. The number of hydrogen-bond donors (Lipinski definition) is 1. The van der Waals surface area contributed by atoms with Crippen LogP contribution >= 0.6 is 22.9 Å². The van der Waals surface area contributed by atoms with Gasteiger partial charge >= 0.3 is 0 Å². The number of aromatic nitrogens is 1. The van der Waals surface area contributed by atoms with Crippen LogP contribution in [0.2, 0.25) is 4.47 Å². The Balaban J connectivity index is 1.88. The molecule has 5 heteroatoms. The van der Waals surface area contributed by atoms with Crippen molar-refractivity contribution < 1.29 is 0 Å². The molecule has 2 N–H and O–H groups in total. The quantitative estimate of drug-likeness (QED) is 0.919. The molecule has 0 amide bonds. The lowest BCUT2D eigenvalue weighted by Gasteiger charge is -2.34. The largest absolute Gasteiger partial charge is 0.365 e. The van der Waals surface area contributed by atoms with Crippen LogP contribution in [0.1, 0.15) is 10.4 Å². The van der Waals surface area contributed by atoms with Gasteiger partial charge in [-0.15, -0.1) is 11.3 Å². The number of nitrogens with zero attached hydrogens (tertiary/aromatic N) is 2. The van der Waals surface area contributed by atoms with Crippen molar-refractivity contribution in [2.45, 2.75) is 19.0 Å². The molecule has 0 bridgehead atoms. The molecular weight excluding hydrogens is 266 g/mol. The molecule has 1 atom stereocenters. The summed E-state index contributed by atoms with van der Waals surface area (Å²) in [4.78, 5) is 7.57. The second-order valence-corrected chi connectivity index (χ2v) is 6.25. The smallest absolute Gasteiger partial charge is 0.183 e. The predicted octanol–water partition coefficient (Wildman–Crippen LogP) is 2.69. The highest BCUT2D eigenvalue weighted by Crippen LogP contribution is 2.29. The van der Waals surface area contributed by atoms with Gasteiger partial charge in [-0.3, -0.25) is 0 Å². The number of nitrogens with two attached hydrogens (primary N) is 1. The molecule has 0 saturated carbocycles. The summed E-state index contributed by atoms with van der Waals surface area (Å²) in [6.07, 6.45) is 2.80. The van der Waals surface area contributed by atoms with E-state index in [4.69, 9.17) is 17.3 Å². The van der Waals surface area contributed by atoms with E-state index in [9.17, 15) is 0 Å². The Morgan fingerprint density at radius 3 is 3.06 bits per heavy atom. The van der Waals surface area contributed by atoms with E-state index in [-0.39, 0.29) is 6.04 Å². The van der Waals surface area contributed by atoms with Crippen LogP contribution in [-0.2, 0) is 13.0 Å². The topological polar surface area (TPSA) is 42.1 Å². The number of benzene rings is 1. The van der Waals surface area contributed by atoms with Gasteiger partial charge < -0.3 is 10.6 Å². The SMILES string of the molecule is NC1Cc2ccccc2N(Cc2cnc(Cl)s2)C1. The number of anilines is 1. The standard InChI is InChI=1S/C13H14ClN3S/c14-13-16-6-11(18-13)8-17-7-10(15)5-9-3-1-2-4-12(9)17/h1-4,6,10H,5,7-8,15H2. The summed E-state index contributed by atoms with van der Waals surface area (Å²) in [7, 11) is 0. The lowest BCUT2D eigenvalue weighted by molar-refractivity contribution is 0.600. The summed E-state index contributed by atoms with van der Waals surface area (Å²) >= 11 is 7.40. The van der Waals surface area contributed by atoms with Crippen molar-refractivity contribution >= 4 is 28.6 Å². The highest BCUT2D eigenvalue weighted by atomic mass is 35.5. The van der Waals surface area contributed by atoms with E-state index in [0.717, 1.165) is 19.5 Å². The molecule has 3 nitrogen and oxygen atoms in total. The van der Waals surface area contributed by atoms with Crippen molar-refractivity contribution in [2.24, 2.45) is 5.73 Å². The summed E-state index contributed by atoms with van der Waals surface area (Å²) < 4.78 is 0.597. The molecule has 3 rings (SSSR count). The van der Waals surface area contributed by atoms with Gasteiger partial charge in [0.1, 0.15) is 0 Å². The molecule has 2 aromatic rings. The third-order valence-corrected chi connectivity index (χ3v) is 4.24. The minimum atomic E-state index is 0.197. The molecular formula is C13H14ClN3S. The first-order valence-corrected chi connectivity index (χ1v) is 7.10. The van der Waals surface area contributed by atoms with Gasteiger partial charge in [0.15, 0.2) is 4.47 Å². The lowest BCUT2D eigenvalue weighted by atomic mass is 9.98. The third kappa shape index (κ3) is 2.36. The molecule has 18 heavy (non-hydrogen) atoms. The molecule has 1 aliphatic heterocycles. The van der Waals surface area contributed by atoms with Crippen LogP contribution in [0.25, 0.3) is 0 Å². The van der Waals surface area contributed by atoms with Crippen LogP contribution in [0.4, 0.5) is 5.69 Å². The van der Waals surface area contributed by atoms with Crippen LogP contribution in [-0.4, -0.2) is 17.6 Å². The van der Waals surface area contributed by atoms with E-state index < -0.39 is 0 Å². The van der Waals surface area contributed by atoms with Crippen LogP contribution in [0, 0.1) is 0 Å². The van der Waals surface area contributed by atoms with Crippen LogP contribution in [0.3, 0.4) is 0 Å². The highest BCUT2D eigenvalue weighted by molar-refractivity contribution is 7.15. The Kier molecular flexibility index (Phi) is 3.24. The van der Waals surface area contributed by atoms with Crippen molar-refractivity contribution in [1.29, 1.82) is 0 Å². The molecule has 2 heterocycles. The van der Waals surface area contributed by atoms with E-state index in [1.165, 1.54) is 27.5 Å². The summed E-state index contributed by atoms with van der Waals surface area (Å²) in [5.74, 6) is 0. The second kappa shape index (κ2) is 4.88. The van der Waals surface area contributed by atoms with Crippen molar-refractivity contribution in [3.8, 4) is 0 Å². The maximum atomic E-state index is 6.12. The van der Waals surface area contributed by atoms with Gasteiger partial charge in [-0.2, -0.15) is 0 Å². The number of para-hydroxylation sites is 1. The molecule has 0 spiro atoms. The Bertz CT molecular complexity index is 555. The Hall–Kier alpha value is -1.10. The molecule has 0 saturated heterocycles. The maximum absolute atomic E-state index is 6.12. The molecule has 1 aromatic carbocycles. The van der Waals surface area contributed by atoms with Gasteiger partial charge in [-0.25, -0.2) is 4.98 Å². The predicted molar refractivity (Wildman–Crippen MR) is 76.3 cm³/mol. The molecule has 0 fully saturated rings. The van der Waals surface area contributed by atoms with E-state index in [2.05, 4.69) is 34.1 Å². The van der Waals surface area contributed by atoms with Crippen molar-refractivity contribution in [3.05, 3.63) is 45.4 Å². The normalized spacial score (nSPS) is 18.8. The summed E-state index contributed by atoms with van der Waals surface area (Å²) in [6, 6.07) is 8.65. The minimum Gasteiger partial charge on any atom is -0.365 e. The number of rotatable bonds is 2. The van der Waals surface area contributed by atoms with Gasteiger partial charge in [-0.1, -0.05) is 29.8 Å². The van der Waals surface area contributed by atoms with Gasteiger partial charge in [0, 0.05) is 29.3 Å². The van der Waals surface area contributed by atoms with E-state index in [1.807, 2.05) is 6.20 Å². The summed E-state index contributed by atoms with van der Waals surface area (Å²) in [5.41, 5.74) is 8.73. The van der Waals surface area contributed by atoms with Gasteiger partial charge in [-0.05, 0) is 18.1 Å². The molecule has 0 radical (unpaired) electrons. The molecule has 1 aliphatic rings. The maximum Gasteiger partial charge on any atom is 0.183 e. The molecule has 0 aliphatic carbocycles. The second-order valence-electron chi connectivity index (χ2n) is 4.55. The monoisotopic (exact) mass is 279 g/mol. The fourth-order valence-electron chi connectivity index (χ4n) is 2.41. The van der Waals surface area contributed by atoms with E-state index >= 15 is 0 Å². The average molecular weight is 280 g/mol. The van der Waals surface area contributed by atoms with Crippen molar-refractivity contribution in [3.63, 3.8) is 0 Å². The third-order valence-electron chi connectivity index (χ3n) is 3.14. The molecule has 1 aromatic heterocycles. The molecule has 94 valence electrons. The number of thiazole rings is 1. The first-order chi connectivity index (χ1) is 8.72. The number of fused-ring (bicyclic) bond motifs is 1. The van der Waals surface area contributed by atoms with Crippen LogP contribution in [0.5, 0.6) is 0 Å². The van der Waals surface area contributed by atoms with Crippen molar-refractivity contribution in [2.75, 3.05) is 11.4 Å². The number of halogens is 1. The number of hydrogen-bond acceptors (Lipinski definition) is 4. The van der Waals surface area contributed by atoms with Gasteiger partial charge in [0.25, 0.3) is 0 Å². The lowest BCUT2D eigenvalue weighted by Crippen LogP contribution is -2.42. The minimum absolute atomic E-state index is 0.197. The Labute approximate surface area is 115 Å². The van der Waals surface area contributed by atoms with E-state index in [1.54, 1.807) is 0 Å². The van der Waals surface area contributed by atoms with Gasteiger partial charge in [0.05, 0.1) is 6.54 Å². The summed E-state index contributed by atoms with van der Waals surface area (Å²) in [5, 5.41) is 0. The Morgan fingerprint density at radius 1 is 1.44 bits per heavy atom. The van der Waals surface area contributed by atoms with E-state index in [0.29, 0.717) is 4.47 Å². The summed E-state index contributed by atoms with van der Waals surface area (Å²) in [6.45, 7) is 1.71. The fourth-order valence-corrected chi connectivity index (χ4v) is 3.41. The van der Waals surface area contributed by atoms with Crippen LogP contribution < -0.4 is 10.6 Å².